The van der Waals surface area contributed by atoms with Gasteiger partial charge >= 0.3 is 0 Å². The average molecular weight is 458 g/mol. The fourth-order valence-electron chi connectivity index (χ4n) is 5.31. The predicted molar refractivity (Wildman–Crippen MR) is 124 cm³/mol. The maximum absolute atomic E-state index is 5.78. The highest BCUT2D eigenvalue weighted by atomic mass is 79.9. The number of para-hydroxylation sites is 1. The van der Waals surface area contributed by atoms with Crippen LogP contribution in [-0.4, -0.2) is 41.1 Å². The summed E-state index contributed by atoms with van der Waals surface area (Å²) >= 11 is 9.49. The summed E-state index contributed by atoms with van der Waals surface area (Å²) < 4.78 is 1.20. The number of rotatable bonds is 3. The molecule has 0 unspecified atom stereocenters. The Morgan fingerprint density at radius 1 is 0.964 bits per heavy atom. The highest BCUT2D eigenvalue weighted by Crippen LogP contribution is 2.46. The molecule has 2 heterocycles. The maximum Gasteiger partial charge on any atom is 0.173 e. The molecule has 3 nitrogen and oxygen atoms in total. The van der Waals surface area contributed by atoms with E-state index in [9.17, 15) is 0 Å². The third kappa shape index (κ3) is 4.42. The SMILES string of the molecule is C[C@]12CN(Cc3ccccc3Br)C[C@@](C)(CN(C(=S)Nc3ccccc3)C1)C2. The summed E-state index contributed by atoms with van der Waals surface area (Å²) in [5.74, 6) is 0. The molecule has 2 aromatic carbocycles. The van der Waals surface area contributed by atoms with Crippen LogP contribution in [0.2, 0.25) is 0 Å². The summed E-state index contributed by atoms with van der Waals surface area (Å²) in [5, 5.41) is 4.28. The number of hydrogen-bond acceptors (Lipinski definition) is 2. The number of thiocarbonyl (C=S) groups is 1. The van der Waals surface area contributed by atoms with Gasteiger partial charge in [0.1, 0.15) is 0 Å². The van der Waals surface area contributed by atoms with Gasteiger partial charge in [0.05, 0.1) is 0 Å². The Bertz CT molecular complexity index is 838. The van der Waals surface area contributed by atoms with E-state index < -0.39 is 0 Å². The van der Waals surface area contributed by atoms with Crippen molar-refractivity contribution in [3.8, 4) is 0 Å². The van der Waals surface area contributed by atoms with Gasteiger partial charge in [0.25, 0.3) is 0 Å². The molecule has 0 aliphatic carbocycles. The average Bonchev–Trinajstić information content (AvgIpc) is 2.62. The van der Waals surface area contributed by atoms with Crippen molar-refractivity contribution in [1.29, 1.82) is 0 Å². The first-order valence-corrected chi connectivity index (χ1v) is 11.1. The molecule has 2 saturated heterocycles. The summed E-state index contributed by atoms with van der Waals surface area (Å²) in [7, 11) is 0. The van der Waals surface area contributed by atoms with E-state index in [-0.39, 0.29) is 10.8 Å². The molecule has 0 radical (unpaired) electrons. The quantitative estimate of drug-likeness (QED) is 0.623. The zero-order valence-corrected chi connectivity index (χ0v) is 19.0. The molecule has 2 aliphatic rings. The maximum atomic E-state index is 5.78. The Kier molecular flexibility index (Phi) is 5.51. The van der Waals surface area contributed by atoms with Crippen LogP contribution in [0.3, 0.4) is 0 Å². The fourth-order valence-corrected chi connectivity index (χ4v) is 5.97. The third-order valence-corrected chi connectivity index (χ3v) is 7.01. The Morgan fingerprint density at radius 2 is 1.57 bits per heavy atom. The van der Waals surface area contributed by atoms with Crippen molar-refractivity contribution in [2.75, 3.05) is 31.5 Å². The first-order chi connectivity index (χ1) is 13.3. The van der Waals surface area contributed by atoms with Gasteiger partial charge in [-0.2, -0.15) is 0 Å². The number of nitrogens with one attached hydrogen (secondary N) is 1. The van der Waals surface area contributed by atoms with Crippen molar-refractivity contribution in [2.24, 2.45) is 10.8 Å². The Hall–Kier alpha value is -1.43. The number of halogens is 1. The summed E-state index contributed by atoms with van der Waals surface area (Å²) in [6.07, 6.45) is 1.26. The van der Waals surface area contributed by atoms with Crippen molar-refractivity contribution in [3.63, 3.8) is 0 Å². The van der Waals surface area contributed by atoms with Crippen molar-refractivity contribution >= 4 is 38.9 Å². The van der Waals surface area contributed by atoms with Gasteiger partial charge < -0.3 is 10.2 Å². The number of anilines is 1. The van der Waals surface area contributed by atoms with E-state index in [0.29, 0.717) is 0 Å². The Morgan fingerprint density at radius 3 is 2.21 bits per heavy atom. The molecular formula is C23H28BrN3S. The second-order valence-electron chi connectivity index (χ2n) is 9.19. The topological polar surface area (TPSA) is 18.5 Å². The number of hydrogen-bond donors (Lipinski definition) is 1. The van der Waals surface area contributed by atoms with E-state index >= 15 is 0 Å². The molecule has 2 atom stereocenters. The lowest BCUT2D eigenvalue weighted by molar-refractivity contribution is -0.0553. The van der Waals surface area contributed by atoms with Gasteiger partial charge in [0, 0.05) is 42.9 Å². The lowest BCUT2D eigenvalue weighted by Crippen LogP contribution is -2.63. The summed E-state index contributed by atoms with van der Waals surface area (Å²) in [4.78, 5) is 5.02. The van der Waals surface area contributed by atoms with Crippen molar-refractivity contribution in [2.45, 2.75) is 26.8 Å². The molecule has 4 rings (SSSR count). The molecular weight excluding hydrogens is 430 g/mol. The molecule has 0 spiro atoms. The second kappa shape index (κ2) is 7.77. The van der Waals surface area contributed by atoms with Crippen LogP contribution < -0.4 is 5.32 Å². The van der Waals surface area contributed by atoms with E-state index in [4.69, 9.17) is 12.2 Å². The lowest BCUT2D eigenvalue weighted by Gasteiger charge is -2.57. The van der Waals surface area contributed by atoms with Crippen molar-refractivity contribution in [1.82, 2.24) is 9.80 Å². The third-order valence-electron chi connectivity index (χ3n) is 5.87. The van der Waals surface area contributed by atoms with Gasteiger partial charge in [-0.05, 0) is 53.2 Å². The minimum Gasteiger partial charge on any atom is -0.348 e. The van der Waals surface area contributed by atoms with Crippen LogP contribution in [0.5, 0.6) is 0 Å². The molecule has 0 saturated carbocycles. The molecule has 0 aromatic heterocycles. The number of piperidine rings is 2. The van der Waals surface area contributed by atoms with E-state index in [1.165, 1.54) is 16.5 Å². The fraction of sp³-hybridized carbons (Fsp3) is 0.435. The van der Waals surface area contributed by atoms with Gasteiger partial charge in [-0.25, -0.2) is 0 Å². The minimum absolute atomic E-state index is 0.245. The molecule has 0 amide bonds. The van der Waals surface area contributed by atoms with Crippen LogP contribution in [0.15, 0.2) is 59.1 Å². The number of likely N-dealkylation sites (tertiary alicyclic amines) is 2. The minimum atomic E-state index is 0.245. The summed E-state index contributed by atoms with van der Waals surface area (Å²) in [6.45, 7) is 10.1. The van der Waals surface area contributed by atoms with E-state index in [1.807, 2.05) is 18.2 Å². The van der Waals surface area contributed by atoms with Crippen LogP contribution in [0.25, 0.3) is 0 Å². The molecule has 148 valence electrons. The van der Waals surface area contributed by atoms with Crippen LogP contribution in [0.1, 0.15) is 25.8 Å². The molecule has 2 aromatic rings. The van der Waals surface area contributed by atoms with Crippen molar-refractivity contribution in [3.05, 3.63) is 64.6 Å². The van der Waals surface area contributed by atoms with Gasteiger partial charge in [-0.3, -0.25) is 4.90 Å². The van der Waals surface area contributed by atoms with E-state index in [0.717, 1.165) is 43.5 Å². The molecule has 5 heteroatoms. The Balaban J connectivity index is 1.47. The number of fused-ring (bicyclic) bond motifs is 2. The normalized spacial score (nSPS) is 27.5. The summed E-state index contributed by atoms with van der Waals surface area (Å²) in [6, 6.07) is 18.8. The van der Waals surface area contributed by atoms with Gasteiger partial charge in [-0.15, -0.1) is 0 Å². The monoisotopic (exact) mass is 457 g/mol. The molecule has 2 bridgehead atoms. The van der Waals surface area contributed by atoms with Gasteiger partial charge in [-0.1, -0.05) is 66.2 Å². The second-order valence-corrected chi connectivity index (χ2v) is 10.4. The first-order valence-electron chi connectivity index (χ1n) is 9.91. The zero-order chi connectivity index (χ0) is 19.8. The van der Waals surface area contributed by atoms with E-state index in [1.54, 1.807) is 0 Å². The van der Waals surface area contributed by atoms with Crippen LogP contribution in [-0.2, 0) is 6.54 Å². The predicted octanol–water partition coefficient (Wildman–Crippen LogP) is 5.38. The number of benzene rings is 2. The van der Waals surface area contributed by atoms with Gasteiger partial charge in [0.15, 0.2) is 5.11 Å². The summed E-state index contributed by atoms with van der Waals surface area (Å²) in [5.41, 5.74) is 2.92. The highest BCUT2D eigenvalue weighted by molar-refractivity contribution is 9.10. The zero-order valence-electron chi connectivity index (χ0n) is 16.6. The first kappa shape index (κ1) is 19.9. The Labute approximate surface area is 182 Å². The number of nitrogens with zero attached hydrogens (tertiary/aromatic N) is 2. The van der Waals surface area contributed by atoms with Gasteiger partial charge in [0.2, 0.25) is 0 Å². The van der Waals surface area contributed by atoms with Crippen LogP contribution in [0.4, 0.5) is 5.69 Å². The molecule has 1 N–H and O–H groups in total. The van der Waals surface area contributed by atoms with Crippen LogP contribution in [0, 0.1) is 10.8 Å². The highest BCUT2D eigenvalue weighted by Gasteiger charge is 2.48. The largest absolute Gasteiger partial charge is 0.348 e. The lowest BCUT2D eigenvalue weighted by atomic mass is 9.65. The van der Waals surface area contributed by atoms with Crippen molar-refractivity contribution < 1.29 is 0 Å². The molecule has 2 fully saturated rings. The van der Waals surface area contributed by atoms with Crippen LogP contribution >= 0.6 is 28.1 Å². The smallest absolute Gasteiger partial charge is 0.173 e. The molecule has 2 aliphatic heterocycles. The standard InChI is InChI=1S/C23H28BrN3S/c1-22-13-23(2,15-26(14-22)12-18-8-6-7-11-20(18)24)17-27(16-22)21(28)25-19-9-4-3-5-10-19/h3-11H,12-17H2,1-2H3,(H,25,28)/t22-,23-/m0/s1. The molecule has 28 heavy (non-hydrogen) atoms. The van der Waals surface area contributed by atoms with E-state index in [2.05, 4.69) is 81.3 Å².